The van der Waals surface area contributed by atoms with Gasteiger partial charge in [-0.05, 0) is 41.3 Å². The Morgan fingerprint density at radius 3 is 2.15 bits per heavy atom. The average molecular weight is 655 g/mol. The summed E-state index contributed by atoms with van der Waals surface area (Å²) in [4.78, 5) is 45.8. The van der Waals surface area contributed by atoms with Crippen molar-refractivity contribution in [1.29, 1.82) is 0 Å². The van der Waals surface area contributed by atoms with Crippen LogP contribution < -0.4 is 25.4 Å². The summed E-state index contributed by atoms with van der Waals surface area (Å²) in [7, 11) is 2.74. The molecular weight excluding hydrogens is 612 g/mol. The van der Waals surface area contributed by atoms with Gasteiger partial charge in [0.05, 0.1) is 37.0 Å². The van der Waals surface area contributed by atoms with Gasteiger partial charge >= 0.3 is 12.1 Å². The molecule has 1 aliphatic heterocycles. The molecule has 0 aliphatic carbocycles. The fraction of sp³-hybridized carbons (Fsp3) is 0.333. The number of hydrogen-bond donors (Lipinski definition) is 3. The molecule has 0 atom stereocenters. The molecular formula is C36H42N6O6. The number of piperazine rings is 1. The van der Waals surface area contributed by atoms with Gasteiger partial charge in [0.1, 0.15) is 11.5 Å². The molecule has 48 heavy (non-hydrogen) atoms. The van der Waals surface area contributed by atoms with Crippen molar-refractivity contribution in [3.05, 3.63) is 78.1 Å². The summed E-state index contributed by atoms with van der Waals surface area (Å²) in [5.41, 5.74) is 2.78. The third-order valence-corrected chi connectivity index (χ3v) is 8.18. The SMILES string of the molecule is COC(=O)Nc1cc(C(C)(C)C)cc(NC(=O)Nc2ccc(Oc3ccnc(CN4CCN(C(C)=O)CC4)c3)c3ccccc23)c1OC. The molecule has 2 heterocycles. The maximum absolute atomic E-state index is 13.4. The second-order valence-electron chi connectivity index (χ2n) is 12.6. The number of ether oxygens (including phenoxy) is 3. The Labute approximate surface area is 280 Å². The number of aromatic nitrogens is 1. The first-order valence-corrected chi connectivity index (χ1v) is 15.7. The number of nitrogens with one attached hydrogen (secondary N) is 3. The maximum Gasteiger partial charge on any atom is 0.411 e. The molecule has 1 aliphatic rings. The molecule has 0 bridgehead atoms. The predicted octanol–water partition coefficient (Wildman–Crippen LogP) is 6.82. The Morgan fingerprint density at radius 1 is 0.833 bits per heavy atom. The Bertz CT molecular complexity index is 1810. The van der Waals surface area contributed by atoms with E-state index < -0.39 is 12.1 Å². The van der Waals surface area contributed by atoms with E-state index in [-0.39, 0.29) is 17.1 Å². The highest BCUT2D eigenvalue weighted by Crippen LogP contribution is 2.39. The van der Waals surface area contributed by atoms with Crippen LogP contribution in [0, 0.1) is 0 Å². The molecule has 4 aromatic rings. The number of hydrogen-bond acceptors (Lipinski definition) is 8. The van der Waals surface area contributed by atoms with Gasteiger partial charge in [0.2, 0.25) is 5.91 Å². The number of pyridine rings is 1. The number of fused-ring (bicyclic) bond motifs is 1. The highest BCUT2D eigenvalue weighted by molar-refractivity contribution is 6.08. The summed E-state index contributed by atoms with van der Waals surface area (Å²) in [6.45, 7) is 11.4. The second kappa shape index (κ2) is 14.6. The van der Waals surface area contributed by atoms with Crippen LogP contribution in [0.15, 0.2) is 66.9 Å². The van der Waals surface area contributed by atoms with Gasteiger partial charge < -0.3 is 29.7 Å². The molecule has 0 unspecified atom stereocenters. The number of rotatable bonds is 8. The number of urea groups is 1. The molecule has 0 radical (unpaired) electrons. The van der Waals surface area contributed by atoms with Gasteiger partial charge in [0, 0.05) is 62.7 Å². The Hall–Kier alpha value is -5.36. The van der Waals surface area contributed by atoms with Gasteiger partial charge in [-0.2, -0.15) is 0 Å². The van der Waals surface area contributed by atoms with Crippen LogP contribution in [0.25, 0.3) is 10.8 Å². The van der Waals surface area contributed by atoms with Gasteiger partial charge in [0.15, 0.2) is 5.75 Å². The minimum absolute atomic E-state index is 0.104. The Kier molecular flexibility index (Phi) is 10.3. The number of methoxy groups -OCH3 is 2. The van der Waals surface area contributed by atoms with Crippen molar-refractivity contribution in [1.82, 2.24) is 14.8 Å². The number of benzene rings is 3. The van der Waals surface area contributed by atoms with Crippen molar-refractivity contribution in [3.63, 3.8) is 0 Å². The molecule has 12 nitrogen and oxygen atoms in total. The van der Waals surface area contributed by atoms with Crippen molar-refractivity contribution in [2.75, 3.05) is 56.3 Å². The van der Waals surface area contributed by atoms with Crippen molar-refractivity contribution < 1.29 is 28.6 Å². The largest absolute Gasteiger partial charge is 0.492 e. The first kappa shape index (κ1) is 34.0. The topological polar surface area (TPSA) is 134 Å². The summed E-state index contributed by atoms with van der Waals surface area (Å²) in [5.74, 6) is 1.66. The number of amides is 4. The first-order valence-electron chi connectivity index (χ1n) is 15.7. The zero-order chi connectivity index (χ0) is 34.4. The van der Waals surface area contributed by atoms with E-state index in [2.05, 4.69) is 25.8 Å². The van der Waals surface area contributed by atoms with Gasteiger partial charge in [-0.3, -0.25) is 20.0 Å². The average Bonchev–Trinajstić information content (AvgIpc) is 3.05. The first-order chi connectivity index (χ1) is 22.9. The van der Waals surface area contributed by atoms with E-state index in [1.54, 1.807) is 25.3 Å². The van der Waals surface area contributed by atoms with Gasteiger partial charge in [0.25, 0.3) is 0 Å². The van der Waals surface area contributed by atoms with Crippen LogP contribution >= 0.6 is 0 Å². The zero-order valence-corrected chi connectivity index (χ0v) is 28.2. The predicted molar refractivity (Wildman–Crippen MR) is 186 cm³/mol. The summed E-state index contributed by atoms with van der Waals surface area (Å²) in [6, 6.07) is 18.1. The van der Waals surface area contributed by atoms with Crippen LogP contribution in [0.3, 0.4) is 0 Å². The lowest BCUT2D eigenvalue weighted by atomic mass is 9.86. The maximum atomic E-state index is 13.4. The highest BCUT2D eigenvalue weighted by Gasteiger charge is 2.23. The van der Waals surface area contributed by atoms with Crippen LogP contribution in [0.4, 0.5) is 26.7 Å². The van der Waals surface area contributed by atoms with Crippen LogP contribution in [-0.4, -0.2) is 73.2 Å². The number of carbonyl (C=O) groups excluding carboxylic acids is 3. The van der Waals surface area contributed by atoms with Crippen molar-refractivity contribution >= 4 is 45.9 Å². The van der Waals surface area contributed by atoms with Crippen molar-refractivity contribution in [2.45, 2.75) is 39.7 Å². The molecule has 1 aromatic heterocycles. The lowest BCUT2D eigenvalue weighted by Crippen LogP contribution is -2.47. The van der Waals surface area contributed by atoms with Crippen molar-refractivity contribution in [3.8, 4) is 17.2 Å². The van der Waals surface area contributed by atoms with Gasteiger partial charge in [-0.15, -0.1) is 0 Å². The van der Waals surface area contributed by atoms with E-state index >= 15 is 0 Å². The Morgan fingerprint density at radius 2 is 1.50 bits per heavy atom. The normalized spacial score (nSPS) is 13.5. The molecule has 3 N–H and O–H groups in total. The fourth-order valence-corrected chi connectivity index (χ4v) is 5.56. The quantitative estimate of drug-likeness (QED) is 0.189. The molecule has 0 saturated carbocycles. The summed E-state index contributed by atoms with van der Waals surface area (Å²) in [5, 5.41) is 10.1. The fourth-order valence-electron chi connectivity index (χ4n) is 5.56. The molecule has 1 fully saturated rings. The van der Waals surface area contributed by atoms with Crippen LogP contribution in [0.5, 0.6) is 17.2 Å². The monoisotopic (exact) mass is 654 g/mol. The van der Waals surface area contributed by atoms with Gasteiger partial charge in [-0.1, -0.05) is 45.0 Å². The standard InChI is InChI=1S/C36H42N6O6/c1-23(43)42-17-15-41(16-18-42)22-25-21-26(13-14-37-25)48-32-12-11-29(27-9-7-8-10-28(27)32)38-34(44)39-30-19-24(36(2,3)4)20-31(33(30)46-5)40-35(45)47-6/h7-14,19-21H,15-18,22H2,1-6H3,(H,40,45)(H2,38,39,44). The van der Waals surface area contributed by atoms with E-state index in [1.165, 1.54) is 14.2 Å². The lowest BCUT2D eigenvalue weighted by molar-refractivity contribution is -0.130. The molecule has 5 rings (SSSR count). The van der Waals surface area contributed by atoms with E-state index in [9.17, 15) is 14.4 Å². The number of carbonyl (C=O) groups is 3. The second-order valence-corrected chi connectivity index (χ2v) is 12.6. The number of anilines is 3. The molecule has 0 spiro atoms. The van der Waals surface area contributed by atoms with E-state index in [0.717, 1.165) is 35.1 Å². The summed E-state index contributed by atoms with van der Waals surface area (Å²) in [6.07, 6.45) is 1.07. The third kappa shape index (κ3) is 8.13. The minimum Gasteiger partial charge on any atom is -0.492 e. The molecule has 252 valence electrons. The smallest absolute Gasteiger partial charge is 0.411 e. The van der Waals surface area contributed by atoms with E-state index in [0.29, 0.717) is 48.2 Å². The van der Waals surface area contributed by atoms with E-state index in [4.69, 9.17) is 14.2 Å². The minimum atomic E-state index is -0.657. The molecule has 4 amide bonds. The molecule has 3 aromatic carbocycles. The highest BCUT2D eigenvalue weighted by atomic mass is 16.5. The van der Waals surface area contributed by atoms with Crippen LogP contribution in [-0.2, 0) is 21.5 Å². The van der Waals surface area contributed by atoms with Crippen LogP contribution in [0.2, 0.25) is 0 Å². The lowest BCUT2D eigenvalue weighted by Gasteiger charge is -2.33. The number of nitrogens with zero attached hydrogens (tertiary/aromatic N) is 3. The Balaban J connectivity index is 1.34. The van der Waals surface area contributed by atoms with E-state index in [1.807, 2.05) is 74.2 Å². The molecule has 12 heteroatoms. The summed E-state index contributed by atoms with van der Waals surface area (Å²) < 4.78 is 16.7. The zero-order valence-electron chi connectivity index (χ0n) is 28.2. The summed E-state index contributed by atoms with van der Waals surface area (Å²) >= 11 is 0. The molecule has 1 saturated heterocycles. The van der Waals surface area contributed by atoms with Gasteiger partial charge in [-0.25, -0.2) is 9.59 Å². The third-order valence-electron chi connectivity index (χ3n) is 8.18. The van der Waals surface area contributed by atoms with Crippen LogP contribution in [0.1, 0.15) is 39.0 Å². The van der Waals surface area contributed by atoms with Crippen molar-refractivity contribution in [2.24, 2.45) is 0 Å².